The zero-order valence-corrected chi connectivity index (χ0v) is 11.8. The van der Waals surface area contributed by atoms with Crippen molar-refractivity contribution >= 4 is 28.5 Å². The van der Waals surface area contributed by atoms with Crippen molar-refractivity contribution in [1.82, 2.24) is 0 Å². The van der Waals surface area contributed by atoms with Crippen molar-refractivity contribution in [3.05, 3.63) is 58.1 Å². The lowest BCUT2D eigenvalue weighted by molar-refractivity contribution is 0.298. The number of halogens is 3. The van der Waals surface area contributed by atoms with Gasteiger partial charge in [-0.1, -0.05) is 12.1 Å². The number of ether oxygens (including phenoxy) is 1. The van der Waals surface area contributed by atoms with Gasteiger partial charge >= 0.3 is 7.12 Å². The molecule has 0 aliphatic carbocycles. The molecular weight excluding hydrogens is 333 g/mol. The maximum Gasteiger partial charge on any atom is 0.492 e. The van der Waals surface area contributed by atoms with E-state index in [9.17, 15) is 18.8 Å². The molecule has 2 aromatic rings. The van der Waals surface area contributed by atoms with Gasteiger partial charge in [-0.15, -0.1) is 0 Å². The number of benzene rings is 2. The van der Waals surface area contributed by atoms with Crippen molar-refractivity contribution < 1.29 is 23.6 Å². The van der Waals surface area contributed by atoms with Gasteiger partial charge in [0.05, 0.1) is 4.47 Å². The van der Waals surface area contributed by atoms with E-state index in [-0.39, 0.29) is 23.4 Å². The highest BCUT2D eigenvalue weighted by molar-refractivity contribution is 9.10. The second-order valence-corrected chi connectivity index (χ2v) is 4.91. The Bertz CT molecular complexity index is 623. The summed E-state index contributed by atoms with van der Waals surface area (Å²) in [7, 11) is -1.71. The molecule has 7 heteroatoms. The fourth-order valence-corrected chi connectivity index (χ4v) is 2.17. The standard InChI is InChI=1S/C13H10BBrF2O3/c15-11-3-1-2-10(14(18)19)13(11)20-7-8-4-5-9(16)6-12(8)17/h1-6,18-19H,7H2. The van der Waals surface area contributed by atoms with Gasteiger partial charge in [0.25, 0.3) is 0 Å². The molecule has 104 valence electrons. The van der Waals surface area contributed by atoms with E-state index in [1.807, 2.05) is 0 Å². The van der Waals surface area contributed by atoms with Crippen LogP contribution >= 0.6 is 15.9 Å². The van der Waals surface area contributed by atoms with Gasteiger partial charge in [-0.3, -0.25) is 0 Å². The van der Waals surface area contributed by atoms with Crippen molar-refractivity contribution in [3.8, 4) is 5.75 Å². The highest BCUT2D eigenvalue weighted by atomic mass is 79.9. The van der Waals surface area contributed by atoms with E-state index in [1.165, 1.54) is 12.1 Å². The Morgan fingerprint density at radius 2 is 1.90 bits per heavy atom. The number of para-hydroxylation sites is 1. The van der Waals surface area contributed by atoms with Gasteiger partial charge in [0.1, 0.15) is 24.0 Å². The van der Waals surface area contributed by atoms with E-state index in [0.29, 0.717) is 4.47 Å². The normalized spacial score (nSPS) is 10.4. The molecule has 0 radical (unpaired) electrons. The molecule has 2 rings (SSSR count). The Morgan fingerprint density at radius 3 is 2.55 bits per heavy atom. The van der Waals surface area contributed by atoms with Gasteiger partial charge in [-0.25, -0.2) is 8.78 Å². The SMILES string of the molecule is OB(O)c1cccc(Br)c1OCc1ccc(F)cc1F. The number of hydrogen-bond donors (Lipinski definition) is 2. The first-order valence-corrected chi connectivity index (χ1v) is 6.49. The third-order valence-electron chi connectivity index (χ3n) is 2.66. The van der Waals surface area contributed by atoms with Crippen LogP contribution in [0.2, 0.25) is 0 Å². The van der Waals surface area contributed by atoms with Gasteiger partial charge in [0.2, 0.25) is 0 Å². The lowest BCUT2D eigenvalue weighted by Crippen LogP contribution is -2.31. The number of hydrogen-bond acceptors (Lipinski definition) is 3. The van der Waals surface area contributed by atoms with Crippen molar-refractivity contribution in [1.29, 1.82) is 0 Å². The van der Waals surface area contributed by atoms with E-state index in [1.54, 1.807) is 12.1 Å². The van der Waals surface area contributed by atoms with Gasteiger partial charge < -0.3 is 14.8 Å². The van der Waals surface area contributed by atoms with Crippen LogP contribution in [0.15, 0.2) is 40.9 Å². The molecule has 2 N–H and O–H groups in total. The van der Waals surface area contributed by atoms with Crippen molar-refractivity contribution in [2.24, 2.45) is 0 Å². The van der Waals surface area contributed by atoms with Crippen LogP contribution in [-0.4, -0.2) is 17.2 Å². The first-order valence-electron chi connectivity index (χ1n) is 5.70. The maximum atomic E-state index is 13.5. The molecule has 0 aliphatic rings. The molecule has 0 saturated carbocycles. The lowest BCUT2D eigenvalue weighted by Gasteiger charge is -2.13. The summed E-state index contributed by atoms with van der Waals surface area (Å²) < 4.78 is 32.2. The Kier molecular flexibility index (Phi) is 4.75. The van der Waals surface area contributed by atoms with Gasteiger partial charge in [0, 0.05) is 17.1 Å². The van der Waals surface area contributed by atoms with Crippen molar-refractivity contribution in [2.75, 3.05) is 0 Å². The van der Waals surface area contributed by atoms with Gasteiger partial charge in [-0.2, -0.15) is 0 Å². The van der Waals surface area contributed by atoms with E-state index in [0.717, 1.165) is 12.1 Å². The average molecular weight is 343 g/mol. The van der Waals surface area contributed by atoms with Crippen LogP contribution in [-0.2, 0) is 6.61 Å². The van der Waals surface area contributed by atoms with Crippen LogP contribution in [0.3, 0.4) is 0 Å². The van der Waals surface area contributed by atoms with E-state index in [2.05, 4.69) is 15.9 Å². The van der Waals surface area contributed by atoms with E-state index >= 15 is 0 Å². The Morgan fingerprint density at radius 1 is 1.15 bits per heavy atom. The molecule has 2 aromatic carbocycles. The fourth-order valence-electron chi connectivity index (χ4n) is 1.67. The fraction of sp³-hybridized carbons (Fsp3) is 0.0769. The molecule has 20 heavy (non-hydrogen) atoms. The minimum atomic E-state index is -1.71. The minimum absolute atomic E-state index is 0.155. The Labute approximate surface area is 123 Å². The highest BCUT2D eigenvalue weighted by Crippen LogP contribution is 2.24. The van der Waals surface area contributed by atoms with Crippen LogP contribution in [0.4, 0.5) is 8.78 Å². The molecule has 3 nitrogen and oxygen atoms in total. The van der Waals surface area contributed by atoms with E-state index in [4.69, 9.17) is 4.74 Å². The van der Waals surface area contributed by atoms with Crippen molar-refractivity contribution in [2.45, 2.75) is 6.61 Å². The average Bonchev–Trinajstić information content (AvgIpc) is 2.38. The monoisotopic (exact) mass is 342 g/mol. The molecule has 0 atom stereocenters. The third kappa shape index (κ3) is 3.36. The lowest BCUT2D eigenvalue weighted by atomic mass is 9.79. The third-order valence-corrected chi connectivity index (χ3v) is 3.29. The molecule has 0 unspecified atom stereocenters. The summed E-state index contributed by atoms with van der Waals surface area (Å²) in [6.07, 6.45) is 0. The highest BCUT2D eigenvalue weighted by Gasteiger charge is 2.19. The molecule has 0 saturated heterocycles. The zero-order valence-electron chi connectivity index (χ0n) is 10.2. The first-order chi connectivity index (χ1) is 9.49. The minimum Gasteiger partial charge on any atom is -0.488 e. The van der Waals surface area contributed by atoms with Gasteiger partial charge in [-0.05, 0) is 34.1 Å². The van der Waals surface area contributed by atoms with Crippen LogP contribution in [0.1, 0.15) is 5.56 Å². The predicted octanol–water partition coefficient (Wildman–Crippen LogP) is 1.99. The topological polar surface area (TPSA) is 49.7 Å². The van der Waals surface area contributed by atoms with Crippen LogP contribution in [0, 0.1) is 11.6 Å². The maximum absolute atomic E-state index is 13.5. The second-order valence-electron chi connectivity index (χ2n) is 4.06. The molecule has 0 aliphatic heterocycles. The molecule has 0 spiro atoms. The Hall–Kier alpha value is -1.44. The van der Waals surface area contributed by atoms with Crippen molar-refractivity contribution in [3.63, 3.8) is 0 Å². The molecular formula is C13H10BBrF2O3. The van der Waals surface area contributed by atoms with Crippen LogP contribution < -0.4 is 10.2 Å². The smallest absolute Gasteiger partial charge is 0.488 e. The summed E-state index contributed by atoms with van der Waals surface area (Å²) in [5.74, 6) is -1.19. The van der Waals surface area contributed by atoms with E-state index < -0.39 is 18.8 Å². The largest absolute Gasteiger partial charge is 0.492 e. The molecule has 0 bridgehead atoms. The Balaban J connectivity index is 2.23. The van der Waals surface area contributed by atoms with Gasteiger partial charge in [0.15, 0.2) is 0 Å². The second kappa shape index (κ2) is 6.34. The molecule has 0 aromatic heterocycles. The quantitative estimate of drug-likeness (QED) is 0.835. The number of rotatable bonds is 4. The van der Waals surface area contributed by atoms with Crippen LogP contribution in [0.25, 0.3) is 0 Å². The summed E-state index contributed by atoms with van der Waals surface area (Å²) in [5.41, 5.74) is 0.322. The summed E-state index contributed by atoms with van der Waals surface area (Å²) >= 11 is 3.22. The predicted molar refractivity (Wildman–Crippen MR) is 74.7 cm³/mol. The summed E-state index contributed by atoms with van der Waals surface area (Å²) in [4.78, 5) is 0. The summed E-state index contributed by atoms with van der Waals surface area (Å²) in [6, 6.07) is 7.92. The summed E-state index contributed by atoms with van der Waals surface area (Å²) in [5, 5.41) is 18.5. The molecule has 0 fully saturated rings. The molecule has 0 amide bonds. The van der Waals surface area contributed by atoms with Crippen LogP contribution in [0.5, 0.6) is 5.75 Å². The first kappa shape index (κ1) is 15.0. The molecule has 0 heterocycles. The summed E-state index contributed by atoms with van der Waals surface area (Å²) in [6.45, 7) is -0.158. The zero-order chi connectivity index (χ0) is 14.7.